The van der Waals surface area contributed by atoms with Crippen molar-refractivity contribution in [3.05, 3.63) is 35.4 Å². The predicted octanol–water partition coefficient (Wildman–Crippen LogP) is 1.67. The molecule has 2 saturated heterocycles. The number of carbonyl (C=O) groups is 2. The molecule has 0 aliphatic carbocycles. The molecule has 2 aliphatic heterocycles. The lowest BCUT2D eigenvalue weighted by molar-refractivity contribution is 0.0778. The van der Waals surface area contributed by atoms with E-state index >= 15 is 0 Å². The second-order valence-electron chi connectivity index (χ2n) is 7.05. The Morgan fingerprint density at radius 3 is 2.21 bits per heavy atom. The molecule has 0 spiro atoms. The van der Waals surface area contributed by atoms with Crippen LogP contribution in [0.4, 0.5) is 0 Å². The van der Waals surface area contributed by atoms with Crippen LogP contribution in [0.25, 0.3) is 0 Å². The molecule has 130 valence electrons. The highest BCUT2D eigenvalue weighted by Crippen LogP contribution is 2.27. The normalized spacial score (nSPS) is 24.5. The van der Waals surface area contributed by atoms with Gasteiger partial charge >= 0.3 is 0 Å². The molecule has 1 aromatic rings. The summed E-state index contributed by atoms with van der Waals surface area (Å²) in [5.41, 5.74) is 1.23. The van der Waals surface area contributed by atoms with E-state index in [2.05, 4.69) is 4.90 Å². The molecule has 2 aliphatic rings. The minimum absolute atomic E-state index is 0.00110. The topological polar surface area (TPSA) is 60.9 Å². The molecule has 2 fully saturated rings. The van der Waals surface area contributed by atoms with Crippen molar-refractivity contribution in [3.63, 3.8) is 0 Å². The summed E-state index contributed by atoms with van der Waals surface area (Å²) in [6, 6.07) is 6.86. The first-order chi connectivity index (χ1) is 11.6. The molecular formula is C19H26N2O3. The maximum absolute atomic E-state index is 12.7. The lowest BCUT2D eigenvalue weighted by atomic mass is 9.96. The van der Waals surface area contributed by atoms with Gasteiger partial charge in [-0.2, -0.15) is 0 Å². The number of rotatable bonds is 5. The lowest BCUT2D eigenvalue weighted by Crippen LogP contribution is -2.32. The number of aliphatic hydroxyl groups excluding tert-OH is 1. The van der Waals surface area contributed by atoms with Gasteiger partial charge in [-0.05, 0) is 50.9 Å². The molecule has 0 aromatic heterocycles. The number of hydrogen-bond donors (Lipinski definition) is 1. The lowest BCUT2D eigenvalue weighted by Gasteiger charge is -2.22. The summed E-state index contributed by atoms with van der Waals surface area (Å²) >= 11 is 0. The van der Waals surface area contributed by atoms with Crippen LogP contribution in [0.5, 0.6) is 0 Å². The van der Waals surface area contributed by atoms with Crippen molar-refractivity contribution < 1.29 is 14.7 Å². The molecule has 0 bridgehead atoms. The molecule has 1 N–H and O–H groups in total. The highest BCUT2D eigenvalue weighted by Gasteiger charge is 2.36. The molecule has 0 radical (unpaired) electrons. The smallest absolute Gasteiger partial charge is 0.253 e. The SMILES string of the molecule is CC(=O)c1ccc(C(=O)N2C[C@@H](CN3CCCC3)[C@@H](CO)C2)cc1. The van der Waals surface area contributed by atoms with E-state index in [9.17, 15) is 14.7 Å². The molecular weight excluding hydrogens is 304 g/mol. The van der Waals surface area contributed by atoms with E-state index in [-0.39, 0.29) is 24.2 Å². The third-order valence-corrected chi connectivity index (χ3v) is 5.33. The summed E-state index contributed by atoms with van der Waals surface area (Å²) in [5, 5.41) is 9.68. The highest BCUT2D eigenvalue weighted by molar-refractivity contribution is 5.97. The first-order valence-corrected chi connectivity index (χ1v) is 8.82. The number of nitrogens with zero attached hydrogens (tertiary/aromatic N) is 2. The molecule has 1 aromatic carbocycles. The van der Waals surface area contributed by atoms with Crippen molar-refractivity contribution in [2.75, 3.05) is 39.3 Å². The Morgan fingerprint density at radius 2 is 1.62 bits per heavy atom. The van der Waals surface area contributed by atoms with Crippen LogP contribution in [0.3, 0.4) is 0 Å². The minimum atomic E-state index is -0.00697. The Balaban J connectivity index is 1.65. The number of ketones is 1. The summed E-state index contributed by atoms with van der Waals surface area (Å²) in [7, 11) is 0. The Hall–Kier alpha value is -1.72. The zero-order valence-electron chi connectivity index (χ0n) is 14.3. The molecule has 1 amide bonds. The molecule has 0 saturated carbocycles. The van der Waals surface area contributed by atoms with Crippen LogP contribution < -0.4 is 0 Å². The number of amides is 1. The average Bonchev–Trinajstić information content (AvgIpc) is 3.24. The van der Waals surface area contributed by atoms with Crippen molar-refractivity contribution >= 4 is 11.7 Å². The zero-order chi connectivity index (χ0) is 17.1. The van der Waals surface area contributed by atoms with Gasteiger partial charge in [0.05, 0.1) is 0 Å². The van der Waals surface area contributed by atoms with Crippen molar-refractivity contribution in [2.24, 2.45) is 11.8 Å². The Morgan fingerprint density at radius 1 is 1.04 bits per heavy atom. The van der Waals surface area contributed by atoms with Crippen LogP contribution in [0, 0.1) is 11.8 Å². The van der Waals surface area contributed by atoms with Crippen LogP contribution in [0.2, 0.25) is 0 Å². The van der Waals surface area contributed by atoms with Crippen LogP contribution in [-0.2, 0) is 0 Å². The first kappa shape index (κ1) is 17.1. The van der Waals surface area contributed by atoms with Crippen LogP contribution >= 0.6 is 0 Å². The van der Waals surface area contributed by atoms with Gasteiger partial charge in [0.1, 0.15) is 0 Å². The van der Waals surface area contributed by atoms with Gasteiger partial charge in [-0.25, -0.2) is 0 Å². The fourth-order valence-corrected chi connectivity index (χ4v) is 3.85. The number of likely N-dealkylation sites (tertiary alicyclic amines) is 2. The molecule has 3 rings (SSSR count). The van der Waals surface area contributed by atoms with E-state index in [0.717, 1.165) is 19.6 Å². The van der Waals surface area contributed by atoms with Gasteiger partial charge in [0.15, 0.2) is 5.78 Å². The zero-order valence-corrected chi connectivity index (χ0v) is 14.3. The monoisotopic (exact) mass is 330 g/mol. The second kappa shape index (κ2) is 7.45. The van der Waals surface area contributed by atoms with Gasteiger partial charge in [-0.15, -0.1) is 0 Å². The molecule has 5 heteroatoms. The number of benzene rings is 1. The summed E-state index contributed by atoms with van der Waals surface area (Å²) in [4.78, 5) is 28.4. The quantitative estimate of drug-likeness (QED) is 0.834. The standard InChI is InChI=1S/C19H26N2O3/c1-14(23)15-4-6-16(7-5-15)19(24)21-11-17(18(12-21)13-22)10-20-8-2-3-9-20/h4-7,17-18,22H,2-3,8-13H2,1H3/t17-,18-/m1/s1. The van der Waals surface area contributed by atoms with E-state index in [0.29, 0.717) is 30.1 Å². The third-order valence-electron chi connectivity index (χ3n) is 5.33. The maximum Gasteiger partial charge on any atom is 0.253 e. The summed E-state index contributed by atoms with van der Waals surface area (Å²) < 4.78 is 0. The summed E-state index contributed by atoms with van der Waals surface area (Å²) in [5.74, 6) is 0.494. The minimum Gasteiger partial charge on any atom is -0.396 e. The van der Waals surface area contributed by atoms with Crippen LogP contribution in [-0.4, -0.2) is 65.9 Å². The molecule has 2 heterocycles. The van der Waals surface area contributed by atoms with Gasteiger partial charge in [-0.1, -0.05) is 12.1 Å². The molecule has 5 nitrogen and oxygen atoms in total. The second-order valence-corrected chi connectivity index (χ2v) is 7.05. The molecule has 0 unspecified atom stereocenters. The number of Topliss-reactive ketones (excluding diaryl/α,β-unsaturated/α-hetero) is 1. The van der Waals surface area contributed by atoms with E-state index in [4.69, 9.17) is 0 Å². The van der Waals surface area contributed by atoms with E-state index in [1.165, 1.54) is 19.8 Å². The number of carbonyl (C=O) groups excluding carboxylic acids is 2. The first-order valence-electron chi connectivity index (χ1n) is 8.82. The Bertz CT molecular complexity index is 593. The van der Waals surface area contributed by atoms with Gasteiger partial charge in [0, 0.05) is 43.3 Å². The summed E-state index contributed by atoms with van der Waals surface area (Å²) in [6.07, 6.45) is 2.50. The van der Waals surface area contributed by atoms with Crippen molar-refractivity contribution in [1.29, 1.82) is 0 Å². The molecule has 24 heavy (non-hydrogen) atoms. The average molecular weight is 330 g/mol. The molecule has 2 atom stereocenters. The highest BCUT2D eigenvalue weighted by atomic mass is 16.3. The third kappa shape index (κ3) is 3.68. The van der Waals surface area contributed by atoms with E-state index in [1.54, 1.807) is 24.3 Å². The predicted molar refractivity (Wildman–Crippen MR) is 92.1 cm³/mol. The van der Waals surface area contributed by atoms with E-state index in [1.807, 2.05) is 4.90 Å². The fraction of sp³-hybridized carbons (Fsp3) is 0.579. The van der Waals surface area contributed by atoms with Gasteiger partial charge in [0.2, 0.25) is 0 Å². The van der Waals surface area contributed by atoms with Crippen molar-refractivity contribution in [1.82, 2.24) is 9.80 Å². The van der Waals surface area contributed by atoms with E-state index < -0.39 is 0 Å². The van der Waals surface area contributed by atoms with Crippen LogP contribution in [0.15, 0.2) is 24.3 Å². The Labute approximate surface area is 143 Å². The Kier molecular flexibility index (Phi) is 5.31. The van der Waals surface area contributed by atoms with Crippen LogP contribution in [0.1, 0.15) is 40.5 Å². The summed E-state index contributed by atoms with van der Waals surface area (Å²) in [6.45, 7) is 6.21. The van der Waals surface area contributed by atoms with Crippen molar-refractivity contribution in [2.45, 2.75) is 19.8 Å². The van der Waals surface area contributed by atoms with Gasteiger partial charge in [-0.3, -0.25) is 9.59 Å². The van der Waals surface area contributed by atoms with Crippen molar-refractivity contribution in [3.8, 4) is 0 Å². The maximum atomic E-state index is 12.7. The fourth-order valence-electron chi connectivity index (χ4n) is 3.85. The van der Waals surface area contributed by atoms with Gasteiger partial charge in [0.25, 0.3) is 5.91 Å². The number of hydrogen-bond acceptors (Lipinski definition) is 4. The van der Waals surface area contributed by atoms with Gasteiger partial charge < -0.3 is 14.9 Å². The largest absolute Gasteiger partial charge is 0.396 e. The number of aliphatic hydroxyl groups is 1.